The SMILES string of the molecule is CCS(=O)(=O)c1ccccc1Nc1cnn(C)c1. The Morgan fingerprint density at radius 2 is 2.06 bits per heavy atom. The zero-order valence-electron chi connectivity index (χ0n) is 10.3. The average Bonchev–Trinajstić information content (AvgIpc) is 2.75. The minimum absolute atomic E-state index is 0.0821. The summed E-state index contributed by atoms with van der Waals surface area (Å²) in [5, 5.41) is 7.10. The van der Waals surface area contributed by atoms with Gasteiger partial charge in [0, 0.05) is 13.2 Å². The van der Waals surface area contributed by atoms with Crippen LogP contribution in [-0.4, -0.2) is 24.0 Å². The first-order valence-corrected chi connectivity index (χ1v) is 7.25. The third-order valence-electron chi connectivity index (χ3n) is 2.59. The molecule has 18 heavy (non-hydrogen) atoms. The second kappa shape index (κ2) is 4.81. The van der Waals surface area contributed by atoms with Gasteiger partial charge in [0.15, 0.2) is 9.84 Å². The van der Waals surface area contributed by atoms with Crippen LogP contribution in [0.25, 0.3) is 0 Å². The number of anilines is 2. The highest BCUT2D eigenvalue weighted by atomic mass is 32.2. The highest BCUT2D eigenvalue weighted by Gasteiger charge is 2.16. The molecule has 1 aromatic heterocycles. The van der Waals surface area contributed by atoms with Crippen molar-refractivity contribution in [2.45, 2.75) is 11.8 Å². The minimum Gasteiger partial charge on any atom is -0.352 e. The number of para-hydroxylation sites is 1. The van der Waals surface area contributed by atoms with Crippen LogP contribution in [0.2, 0.25) is 0 Å². The lowest BCUT2D eigenvalue weighted by Crippen LogP contribution is -2.06. The predicted molar refractivity (Wildman–Crippen MR) is 70.7 cm³/mol. The number of nitrogens with zero attached hydrogens (tertiary/aromatic N) is 2. The van der Waals surface area contributed by atoms with Gasteiger partial charge in [0.25, 0.3) is 0 Å². The number of hydrogen-bond acceptors (Lipinski definition) is 4. The molecular weight excluding hydrogens is 250 g/mol. The summed E-state index contributed by atoms with van der Waals surface area (Å²) in [6.45, 7) is 1.64. The first-order valence-electron chi connectivity index (χ1n) is 5.60. The maximum absolute atomic E-state index is 12.0. The number of aryl methyl sites for hydroxylation is 1. The highest BCUT2D eigenvalue weighted by Crippen LogP contribution is 2.25. The van der Waals surface area contributed by atoms with Crippen LogP contribution in [0.15, 0.2) is 41.6 Å². The van der Waals surface area contributed by atoms with Crippen LogP contribution in [-0.2, 0) is 16.9 Å². The van der Waals surface area contributed by atoms with Crippen LogP contribution in [0.5, 0.6) is 0 Å². The van der Waals surface area contributed by atoms with E-state index in [1.165, 1.54) is 0 Å². The van der Waals surface area contributed by atoms with Gasteiger partial charge < -0.3 is 5.32 Å². The Morgan fingerprint density at radius 3 is 2.67 bits per heavy atom. The van der Waals surface area contributed by atoms with Crippen molar-refractivity contribution in [1.29, 1.82) is 0 Å². The van der Waals surface area contributed by atoms with Crippen molar-refractivity contribution in [1.82, 2.24) is 9.78 Å². The van der Waals surface area contributed by atoms with Crippen molar-refractivity contribution in [3.63, 3.8) is 0 Å². The van der Waals surface area contributed by atoms with Crippen LogP contribution in [0, 0.1) is 0 Å². The van der Waals surface area contributed by atoms with E-state index >= 15 is 0 Å². The molecule has 1 N–H and O–H groups in total. The standard InChI is InChI=1S/C12H15N3O2S/c1-3-18(16,17)12-7-5-4-6-11(12)14-10-8-13-15(2)9-10/h4-9,14H,3H2,1-2H3. The van der Waals surface area contributed by atoms with Crippen molar-refractivity contribution < 1.29 is 8.42 Å². The van der Waals surface area contributed by atoms with E-state index in [1.807, 2.05) is 0 Å². The summed E-state index contributed by atoms with van der Waals surface area (Å²) < 4.78 is 25.6. The van der Waals surface area contributed by atoms with Gasteiger partial charge in [-0.3, -0.25) is 4.68 Å². The van der Waals surface area contributed by atoms with E-state index in [9.17, 15) is 8.42 Å². The molecule has 0 amide bonds. The van der Waals surface area contributed by atoms with Crippen LogP contribution < -0.4 is 5.32 Å². The summed E-state index contributed by atoms with van der Waals surface area (Å²) in [5.74, 6) is 0.0821. The largest absolute Gasteiger partial charge is 0.352 e. The number of benzene rings is 1. The molecule has 1 aromatic carbocycles. The fourth-order valence-electron chi connectivity index (χ4n) is 1.64. The van der Waals surface area contributed by atoms with E-state index in [-0.39, 0.29) is 5.75 Å². The van der Waals surface area contributed by atoms with Gasteiger partial charge in [-0.1, -0.05) is 19.1 Å². The van der Waals surface area contributed by atoms with E-state index in [0.717, 1.165) is 5.69 Å². The van der Waals surface area contributed by atoms with Crippen LogP contribution in [0.1, 0.15) is 6.92 Å². The molecule has 0 atom stereocenters. The molecule has 2 rings (SSSR count). The van der Waals surface area contributed by atoms with Crippen molar-refractivity contribution >= 4 is 21.2 Å². The number of nitrogens with one attached hydrogen (secondary N) is 1. The normalized spacial score (nSPS) is 11.4. The van der Waals surface area contributed by atoms with E-state index in [1.54, 1.807) is 55.3 Å². The van der Waals surface area contributed by atoms with Crippen molar-refractivity contribution in [3.05, 3.63) is 36.7 Å². The molecule has 0 fully saturated rings. The van der Waals surface area contributed by atoms with Gasteiger partial charge >= 0.3 is 0 Å². The first-order chi connectivity index (χ1) is 8.53. The molecule has 0 radical (unpaired) electrons. The van der Waals surface area contributed by atoms with Crippen LogP contribution in [0.3, 0.4) is 0 Å². The quantitative estimate of drug-likeness (QED) is 0.917. The third kappa shape index (κ3) is 2.53. The summed E-state index contributed by atoms with van der Waals surface area (Å²) in [7, 11) is -1.43. The predicted octanol–water partition coefficient (Wildman–Crippen LogP) is 1.96. The Bertz CT molecular complexity index is 647. The van der Waals surface area contributed by atoms with E-state index < -0.39 is 9.84 Å². The summed E-state index contributed by atoms with van der Waals surface area (Å²) in [5.41, 5.74) is 1.34. The maximum Gasteiger partial charge on any atom is 0.180 e. The molecule has 0 aliphatic heterocycles. The topological polar surface area (TPSA) is 64.0 Å². The summed E-state index contributed by atoms with van der Waals surface area (Å²) in [4.78, 5) is 0.316. The fraction of sp³-hybridized carbons (Fsp3) is 0.250. The Hall–Kier alpha value is -1.82. The molecule has 0 aliphatic rings. The number of hydrogen-bond donors (Lipinski definition) is 1. The zero-order chi connectivity index (χ0) is 13.2. The highest BCUT2D eigenvalue weighted by molar-refractivity contribution is 7.91. The van der Waals surface area contributed by atoms with Gasteiger partial charge in [0.05, 0.1) is 28.2 Å². The minimum atomic E-state index is -3.23. The Balaban J connectivity index is 2.40. The van der Waals surface area contributed by atoms with Gasteiger partial charge in [-0.25, -0.2) is 8.42 Å². The van der Waals surface area contributed by atoms with Gasteiger partial charge in [-0.2, -0.15) is 5.10 Å². The van der Waals surface area contributed by atoms with Gasteiger partial charge in [0.2, 0.25) is 0 Å². The molecule has 0 saturated carbocycles. The molecule has 6 heteroatoms. The fourth-order valence-corrected chi connectivity index (χ4v) is 2.69. The lowest BCUT2D eigenvalue weighted by Gasteiger charge is -2.10. The van der Waals surface area contributed by atoms with Gasteiger partial charge in [0.1, 0.15) is 0 Å². The van der Waals surface area contributed by atoms with Crippen LogP contribution >= 0.6 is 0 Å². The number of sulfone groups is 1. The van der Waals surface area contributed by atoms with E-state index in [4.69, 9.17) is 0 Å². The maximum atomic E-state index is 12.0. The molecule has 1 heterocycles. The second-order valence-corrected chi connectivity index (χ2v) is 6.17. The lowest BCUT2D eigenvalue weighted by molar-refractivity contribution is 0.597. The summed E-state index contributed by atoms with van der Waals surface area (Å²) in [6, 6.07) is 6.87. The van der Waals surface area contributed by atoms with Crippen molar-refractivity contribution in [3.8, 4) is 0 Å². The molecule has 0 saturated heterocycles. The third-order valence-corrected chi connectivity index (χ3v) is 4.37. The Labute approximate surface area is 106 Å². The number of aromatic nitrogens is 2. The summed E-state index contributed by atoms with van der Waals surface area (Å²) in [6.07, 6.45) is 3.44. The average molecular weight is 265 g/mol. The van der Waals surface area contributed by atoms with Crippen LogP contribution in [0.4, 0.5) is 11.4 Å². The van der Waals surface area contributed by atoms with Gasteiger partial charge in [-0.15, -0.1) is 0 Å². The molecule has 96 valence electrons. The lowest BCUT2D eigenvalue weighted by atomic mass is 10.3. The Morgan fingerprint density at radius 1 is 1.33 bits per heavy atom. The first kappa shape index (κ1) is 12.6. The zero-order valence-corrected chi connectivity index (χ0v) is 11.1. The van der Waals surface area contributed by atoms with E-state index in [0.29, 0.717) is 10.6 Å². The molecule has 0 unspecified atom stereocenters. The molecule has 0 spiro atoms. The van der Waals surface area contributed by atoms with Crippen molar-refractivity contribution in [2.24, 2.45) is 7.05 Å². The molecule has 5 nitrogen and oxygen atoms in total. The monoisotopic (exact) mass is 265 g/mol. The second-order valence-electron chi connectivity index (χ2n) is 3.93. The molecular formula is C12H15N3O2S. The van der Waals surface area contributed by atoms with Gasteiger partial charge in [-0.05, 0) is 12.1 Å². The number of rotatable bonds is 4. The molecule has 0 bridgehead atoms. The van der Waals surface area contributed by atoms with Crippen molar-refractivity contribution in [2.75, 3.05) is 11.1 Å². The summed E-state index contributed by atoms with van der Waals surface area (Å²) >= 11 is 0. The smallest absolute Gasteiger partial charge is 0.180 e. The Kier molecular flexibility index (Phi) is 3.38. The molecule has 0 aliphatic carbocycles. The molecule has 2 aromatic rings. The van der Waals surface area contributed by atoms with E-state index in [2.05, 4.69) is 10.4 Å².